The van der Waals surface area contributed by atoms with E-state index in [0.717, 1.165) is 18.6 Å². The maximum Gasteiger partial charge on any atom is 0.262 e. The molecule has 3 aromatic heterocycles. The molecule has 0 spiro atoms. The van der Waals surface area contributed by atoms with Crippen LogP contribution in [0.5, 0.6) is 0 Å². The second-order valence-electron chi connectivity index (χ2n) is 8.14. The van der Waals surface area contributed by atoms with Crippen LogP contribution < -0.4 is 0 Å². The van der Waals surface area contributed by atoms with Crippen molar-refractivity contribution in [1.82, 2.24) is 15.0 Å². The minimum absolute atomic E-state index is 0.0336. The third-order valence-electron chi connectivity index (χ3n) is 5.92. The molecule has 12 nitrogen and oxygen atoms in total. The van der Waals surface area contributed by atoms with Crippen molar-refractivity contribution < 1.29 is 44.7 Å². The largest absolute Gasteiger partial charge is 0.386 e. The molecule has 3 aromatic rings. The number of hydrogen-bond acceptors (Lipinski definition) is 12. The van der Waals surface area contributed by atoms with Crippen molar-refractivity contribution in [2.75, 3.05) is 0 Å². The lowest BCUT2D eigenvalue weighted by atomic mass is 9.72. The zero-order chi connectivity index (χ0) is 26.1. The Labute approximate surface area is 203 Å². The van der Waals surface area contributed by atoms with Crippen LogP contribution in [0.15, 0.2) is 73.6 Å². The normalized spacial score (nSPS) is 28.8. The third-order valence-corrected chi connectivity index (χ3v) is 5.92. The summed E-state index contributed by atoms with van der Waals surface area (Å²) in [5.41, 5.74) is -3.99. The lowest BCUT2D eigenvalue weighted by Gasteiger charge is -2.50. The lowest BCUT2D eigenvalue weighted by molar-refractivity contribution is -0.329. The Morgan fingerprint density at radius 2 is 1.36 bits per heavy atom. The van der Waals surface area contributed by atoms with E-state index in [0.29, 0.717) is 0 Å². The van der Waals surface area contributed by atoms with Crippen LogP contribution in [0.3, 0.4) is 0 Å². The van der Waals surface area contributed by atoms with E-state index in [-0.39, 0.29) is 16.7 Å². The van der Waals surface area contributed by atoms with Crippen molar-refractivity contribution in [3.63, 3.8) is 0 Å². The third kappa shape index (κ3) is 4.11. The highest BCUT2D eigenvalue weighted by atomic mass is 16.7. The van der Waals surface area contributed by atoms with Gasteiger partial charge in [-0.2, -0.15) is 0 Å². The van der Waals surface area contributed by atoms with Crippen molar-refractivity contribution in [3.05, 3.63) is 90.3 Å². The minimum atomic E-state index is -3.41. The molecule has 1 unspecified atom stereocenters. The van der Waals surface area contributed by atoms with Crippen molar-refractivity contribution in [3.8, 4) is 0 Å². The van der Waals surface area contributed by atoms with Gasteiger partial charge in [-0.3, -0.25) is 29.3 Å². The first-order valence-electron chi connectivity index (χ1n) is 10.6. The monoisotopic (exact) mass is 495 g/mol. The second-order valence-corrected chi connectivity index (χ2v) is 8.14. The van der Waals surface area contributed by atoms with Gasteiger partial charge in [0, 0.05) is 53.9 Å². The summed E-state index contributed by atoms with van der Waals surface area (Å²) < 4.78 is 5.22. The van der Waals surface area contributed by atoms with Gasteiger partial charge in [-0.1, -0.05) is 6.07 Å². The fourth-order valence-electron chi connectivity index (χ4n) is 3.95. The summed E-state index contributed by atoms with van der Waals surface area (Å²) in [6, 6.07) is 7.82. The number of carbonyl (C=O) groups excluding carboxylic acids is 3. The van der Waals surface area contributed by atoms with Crippen LogP contribution in [-0.4, -0.2) is 87.5 Å². The Bertz CT molecular complexity index is 1260. The summed E-state index contributed by atoms with van der Waals surface area (Å²) in [6.07, 6.45) is -2.46. The van der Waals surface area contributed by atoms with Gasteiger partial charge in [0.15, 0.2) is 23.6 Å². The Hall–Kier alpha value is -3.78. The van der Waals surface area contributed by atoms with Crippen LogP contribution >= 0.6 is 0 Å². The molecule has 0 amide bonds. The number of aliphatic hydroxyl groups excluding tert-OH is 3. The first kappa shape index (κ1) is 25.3. The summed E-state index contributed by atoms with van der Waals surface area (Å²) in [5, 5.41) is 55.2. The van der Waals surface area contributed by atoms with E-state index in [1.54, 1.807) is 0 Å². The first-order chi connectivity index (χ1) is 17.1. The molecule has 1 aliphatic rings. The summed E-state index contributed by atoms with van der Waals surface area (Å²) in [6.45, 7) is 0. The van der Waals surface area contributed by atoms with Gasteiger partial charge in [-0.25, -0.2) is 0 Å². The van der Waals surface area contributed by atoms with Crippen molar-refractivity contribution >= 4 is 17.3 Å². The van der Waals surface area contributed by atoms with E-state index >= 15 is 0 Å². The van der Waals surface area contributed by atoms with E-state index < -0.39 is 53.2 Å². The smallest absolute Gasteiger partial charge is 0.262 e. The van der Waals surface area contributed by atoms with Gasteiger partial charge in [0.25, 0.3) is 5.79 Å². The van der Waals surface area contributed by atoms with E-state index in [1.165, 1.54) is 55.0 Å². The molecule has 0 bridgehead atoms. The number of hydrogen-bond donors (Lipinski definition) is 5. The highest BCUT2D eigenvalue weighted by Crippen LogP contribution is 2.40. The number of pyridine rings is 3. The minimum Gasteiger partial charge on any atom is -0.386 e. The molecule has 1 aliphatic heterocycles. The Morgan fingerprint density at radius 1 is 0.833 bits per heavy atom. The number of nitrogens with zero attached hydrogens (tertiary/aromatic N) is 3. The van der Waals surface area contributed by atoms with E-state index in [4.69, 9.17) is 4.74 Å². The number of aliphatic hydroxyl groups is 5. The fourth-order valence-corrected chi connectivity index (χ4v) is 3.95. The first-order valence-corrected chi connectivity index (χ1v) is 10.6. The molecule has 186 valence electrons. The number of aromatic nitrogens is 3. The fraction of sp³-hybridized carbons (Fsp3) is 0.250. The van der Waals surface area contributed by atoms with Crippen LogP contribution in [0.4, 0.5) is 0 Å². The quantitative estimate of drug-likeness (QED) is 0.245. The van der Waals surface area contributed by atoms with Gasteiger partial charge in [-0.15, -0.1) is 0 Å². The van der Waals surface area contributed by atoms with Crippen LogP contribution in [0.1, 0.15) is 32.4 Å². The van der Waals surface area contributed by atoms with Gasteiger partial charge in [0.05, 0.1) is 0 Å². The second kappa shape index (κ2) is 9.70. The molecular weight excluding hydrogens is 474 g/mol. The topological polar surface area (TPSA) is 200 Å². The van der Waals surface area contributed by atoms with E-state index in [9.17, 15) is 39.9 Å². The highest BCUT2D eigenvalue weighted by Gasteiger charge is 2.69. The number of carbonyl (C=O) groups is 3. The van der Waals surface area contributed by atoms with E-state index in [2.05, 4.69) is 15.0 Å². The Kier molecular flexibility index (Phi) is 6.82. The van der Waals surface area contributed by atoms with Gasteiger partial charge in [0.1, 0.15) is 12.2 Å². The van der Waals surface area contributed by atoms with Gasteiger partial charge in [0.2, 0.25) is 11.6 Å². The molecule has 12 heteroatoms. The maximum atomic E-state index is 13.3. The lowest BCUT2D eigenvalue weighted by Crippen LogP contribution is -2.77. The molecule has 5 N–H and O–H groups in total. The average Bonchev–Trinajstić information content (AvgIpc) is 2.93. The van der Waals surface area contributed by atoms with Gasteiger partial charge < -0.3 is 30.3 Å². The summed E-state index contributed by atoms with van der Waals surface area (Å²) in [7, 11) is 0. The molecular formula is C24H21N3O9. The zero-order valence-corrected chi connectivity index (χ0v) is 18.4. The number of rotatable bonds is 7. The molecule has 4 heterocycles. The Morgan fingerprint density at radius 3 is 1.86 bits per heavy atom. The van der Waals surface area contributed by atoms with Crippen LogP contribution in [0.2, 0.25) is 0 Å². The molecule has 1 saturated heterocycles. The van der Waals surface area contributed by atoms with Crippen LogP contribution in [0, 0.1) is 0 Å². The molecule has 6 atom stereocenters. The van der Waals surface area contributed by atoms with Gasteiger partial charge >= 0.3 is 0 Å². The molecule has 0 radical (unpaired) electrons. The van der Waals surface area contributed by atoms with Crippen molar-refractivity contribution in [2.45, 2.75) is 35.8 Å². The van der Waals surface area contributed by atoms with Crippen LogP contribution in [0.25, 0.3) is 0 Å². The van der Waals surface area contributed by atoms with Crippen LogP contribution in [-0.2, 0) is 9.53 Å². The predicted octanol–water partition coefficient (Wildman–Crippen LogP) is -1.22. The SMILES string of the molecule is O=C(C(O)c1cccnc1)[C@H]1O[C@@](O)(C(=O)c2cccnc2)[C@H](O)[C@](O)(C(=O)c2cccnc2)[C@@H]1O. The highest BCUT2D eigenvalue weighted by molar-refractivity contribution is 6.07. The van der Waals surface area contributed by atoms with E-state index in [1.807, 2.05) is 0 Å². The molecule has 0 aliphatic carbocycles. The number of ketones is 3. The van der Waals surface area contributed by atoms with Gasteiger partial charge in [-0.05, 0) is 30.3 Å². The molecule has 0 aromatic carbocycles. The van der Waals surface area contributed by atoms with Crippen molar-refractivity contribution in [1.29, 1.82) is 0 Å². The Balaban J connectivity index is 1.83. The summed E-state index contributed by atoms with van der Waals surface area (Å²) in [5.74, 6) is -7.45. The van der Waals surface area contributed by atoms with Crippen molar-refractivity contribution in [2.24, 2.45) is 0 Å². The maximum absolute atomic E-state index is 13.3. The number of ether oxygens (including phenoxy) is 1. The predicted molar refractivity (Wildman–Crippen MR) is 118 cm³/mol. The molecule has 1 fully saturated rings. The molecule has 0 saturated carbocycles. The standard InChI is InChI=1S/C24H21N3O9/c28-16(13-4-1-7-25-10-13)17(29)18-21(32)23(34,19(30)14-5-2-8-26-11-14)22(33)24(35,36-18)20(31)15-6-3-9-27-12-15/h1-12,16,18,21-22,28,32-35H/t16?,18-,21-,22-,23+,24+/m1/s1. The zero-order valence-electron chi connectivity index (χ0n) is 18.4. The molecule has 36 heavy (non-hydrogen) atoms. The summed E-state index contributed by atoms with van der Waals surface area (Å²) >= 11 is 0. The summed E-state index contributed by atoms with van der Waals surface area (Å²) in [4.78, 5) is 51.0. The molecule has 4 rings (SSSR count). The number of Topliss-reactive ketones (excluding diaryl/α,β-unsaturated/α-hetero) is 3. The average molecular weight is 495 g/mol.